The first-order valence-electron chi connectivity index (χ1n) is 4.68. The molecule has 84 valence electrons. The van der Waals surface area contributed by atoms with Crippen LogP contribution >= 0.6 is 27.3 Å². The van der Waals surface area contributed by atoms with E-state index in [0.29, 0.717) is 19.5 Å². The third kappa shape index (κ3) is 3.47. The fourth-order valence-corrected chi connectivity index (χ4v) is 2.63. The van der Waals surface area contributed by atoms with Crippen LogP contribution in [0, 0.1) is 11.3 Å². The Labute approximate surface area is 107 Å². The fourth-order valence-electron chi connectivity index (χ4n) is 1.21. The van der Waals surface area contributed by atoms with Crippen molar-refractivity contribution in [1.29, 1.82) is 5.26 Å². The summed E-state index contributed by atoms with van der Waals surface area (Å²) in [7, 11) is 0. The number of thiophene rings is 1. The van der Waals surface area contributed by atoms with Crippen LogP contribution in [0.3, 0.4) is 0 Å². The Morgan fingerprint density at radius 1 is 1.69 bits per heavy atom. The molecule has 0 saturated carbocycles. The van der Waals surface area contributed by atoms with Crippen molar-refractivity contribution in [3.05, 3.63) is 33.5 Å². The van der Waals surface area contributed by atoms with Gasteiger partial charge in [0.15, 0.2) is 0 Å². The van der Waals surface area contributed by atoms with E-state index in [1.165, 1.54) is 6.08 Å². The van der Waals surface area contributed by atoms with Crippen molar-refractivity contribution in [1.82, 2.24) is 4.90 Å². The second-order valence-electron chi connectivity index (χ2n) is 3.12. The molecule has 1 aromatic rings. The van der Waals surface area contributed by atoms with Crippen molar-refractivity contribution >= 4 is 33.2 Å². The summed E-state index contributed by atoms with van der Waals surface area (Å²) in [4.78, 5) is 13.2. The zero-order valence-corrected chi connectivity index (χ0v) is 11.1. The van der Waals surface area contributed by atoms with Gasteiger partial charge in [-0.3, -0.25) is 4.79 Å². The van der Waals surface area contributed by atoms with Crippen LogP contribution in [-0.2, 0) is 11.3 Å². The number of nitrogens with zero attached hydrogens (tertiary/aromatic N) is 2. The van der Waals surface area contributed by atoms with Crippen LogP contribution in [0.15, 0.2) is 27.9 Å². The first-order chi connectivity index (χ1) is 7.69. The van der Waals surface area contributed by atoms with Gasteiger partial charge in [-0.2, -0.15) is 16.6 Å². The fraction of sp³-hybridized carbons (Fsp3) is 0.273. The van der Waals surface area contributed by atoms with Gasteiger partial charge in [0.1, 0.15) is 0 Å². The maximum absolute atomic E-state index is 11.5. The molecule has 0 radical (unpaired) electrons. The van der Waals surface area contributed by atoms with Gasteiger partial charge in [0, 0.05) is 22.9 Å². The van der Waals surface area contributed by atoms with Gasteiger partial charge in [0.25, 0.3) is 0 Å². The molecular weight excluding hydrogens is 288 g/mol. The molecule has 0 atom stereocenters. The quantitative estimate of drug-likeness (QED) is 0.785. The van der Waals surface area contributed by atoms with E-state index in [-0.39, 0.29) is 5.91 Å². The SMILES string of the molecule is C=CC(=O)N(CCC#N)Cc1cscc1Br. The summed E-state index contributed by atoms with van der Waals surface area (Å²) in [6, 6.07) is 2.03. The van der Waals surface area contributed by atoms with Crippen LogP contribution in [0.25, 0.3) is 0 Å². The second kappa shape index (κ2) is 6.46. The second-order valence-corrected chi connectivity index (χ2v) is 4.71. The Bertz CT molecular complexity index is 422. The molecule has 1 amide bonds. The lowest BCUT2D eigenvalue weighted by Gasteiger charge is -2.19. The molecular formula is C11H11BrN2OS. The topological polar surface area (TPSA) is 44.1 Å². The van der Waals surface area contributed by atoms with Gasteiger partial charge in [0.2, 0.25) is 5.91 Å². The first kappa shape index (κ1) is 12.9. The molecule has 1 heterocycles. The zero-order chi connectivity index (χ0) is 12.0. The molecule has 0 spiro atoms. The van der Waals surface area contributed by atoms with Crippen molar-refractivity contribution in [2.24, 2.45) is 0 Å². The summed E-state index contributed by atoms with van der Waals surface area (Å²) in [6.45, 7) is 4.40. The van der Waals surface area contributed by atoms with E-state index in [4.69, 9.17) is 5.26 Å². The summed E-state index contributed by atoms with van der Waals surface area (Å²) >= 11 is 4.99. The normalized spacial score (nSPS) is 9.50. The van der Waals surface area contributed by atoms with E-state index >= 15 is 0 Å². The van der Waals surface area contributed by atoms with E-state index in [1.807, 2.05) is 16.8 Å². The largest absolute Gasteiger partial charge is 0.334 e. The van der Waals surface area contributed by atoms with Gasteiger partial charge in [-0.15, -0.1) is 0 Å². The third-order valence-electron chi connectivity index (χ3n) is 2.03. The molecule has 0 N–H and O–H groups in total. The van der Waals surface area contributed by atoms with Gasteiger partial charge >= 0.3 is 0 Å². The molecule has 1 aromatic heterocycles. The number of rotatable bonds is 5. The number of carbonyl (C=O) groups is 1. The molecule has 0 aromatic carbocycles. The smallest absolute Gasteiger partial charge is 0.246 e. The number of hydrogen-bond acceptors (Lipinski definition) is 3. The van der Waals surface area contributed by atoms with Crippen molar-refractivity contribution in [3.8, 4) is 6.07 Å². The maximum Gasteiger partial charge on any atom is 0.246 e. The van der Waals surface area contributed by atoms with Gasteiger partial charge in [-0.25, -0.2) is 0 Å². The Hall–Kier alpha value is -1.12. The highest BCUT2D eigenvalue weighted by Gasteiger charge is 2.12. The molecule has 1 rings (SSSR count). The van der Waals surface area contributed by atoms with Crippen LogP contribution in [0.4, 0.5) is 0 Å². The van der Waals surface area contributed by atoms with Gasteiger partial charge in [0.05, 0.1) is 12.5 Å². The first-order valence-corrected chi connectivity index (χ1v) is 6.41. The third-order valence-corrected chi connectivity index (χ3v) is 3.86. The lowest BCUT2D eigenvalue weighted by molar-refractivity contribution is -0.126. The van der Waals surface area contributed by atoms with Crippen molar-refractivity contribution in [2.45, 2.75) is 13.0 Å². The minimum atomic E-state index is -0.145. The number of carbonyl (C=O) groups excluding carboxylic acids is 1. The van der Waals surface area contributed by atoms with Crippen LogP contribution in [0.1, 0.15) is 12.0 Å². The zero-order valence-electron chi connectivity index (χ0n) is 8.65. The summed E-state index contributed by atoms with van der Waals surface area (Å²) in [5.74, 6) is -0.145. The summed E-state index contributed by atoms with van der Waals surface area (Å²) in [5.41, 5.74) is 1.05. The number of nitriles is 1. The van der Waals surface area contributed by atoms with E-state index < -0.39 is 0 Å². The van der Waals surface area contributed by atoms with Gasteiger partial charge in [-0.1, -0.05) is 6.58 Å². The Kier molecular flexibility index (Phi) is 5.23. The lowest BCUT2D eigenvalue weighted by atomic mass is 10.3. The molecule has 0 aliphatic rings. The lowest BCUT2D eigenvalue weighted by Crippen LogP contribution is -2.29. The predicted octanol–water partition coefficient (Wildman–Crippen LogP) is 2.94. The van der Waals surface area contributed by atoms with E-state index in [9.17, 15) is 4.79 Å². The van der Waals surface area contributed by atoms with E-state index in [1.54, 1.807) is 16.2 Å². The predicted molar refractivity (Wildman–Crippen MR) is 67.9 cm³/mol. The van der Waals surface area contributed by atoms with E-state index in [2.05, 4.69) is 22.5 Å². The van der Waals surface area contributed by atoms with Crippen molar-refractivity contribution < 1.29 is 4.79 Å². The summed E-state index contributed by atoms with van der Waals surface area (Å²) < 4.78 is 0.997. The highest BCUT2D eigenvalue weighted by Crippen LogP contribution is 2.22. The van der Waals surface area contributed by atoms with E-state index in [0.717, 1.165) is 10.0 Å². The molecule has 0 unspecified atom stereocenters. The average Bonchev–Trinajstić information content (AvgIpc) is 2.69. The van der Waals surface area contributed by atoms with Gasteiger partial charge in [-0.05, 0) is 32.9 Å². The number of hydrogen-bond donors (Lipinski definition) is 0. The number of halogens is 1. The maximum atomic E-state index is 11.5. The molecule has 5 heteroatoms. The van der Waals surface area contributed by atoms with Crippen LogP contribution < -0.4 is 0 Å². The minimum absolute atomic E-state index is 0.145. The minimum Gasteiger partial charge on any atom is -0.334 e. The summed E-state index contributed by atoms with van der Waals surface area (Å²) in [5, 5.41) is 12.5. The average molecular weight is 299 g/mol. The van der Waals surface area contributed by atoms with Gasteiger partial charge < -0.3 is 4.90 Å². The van der Waals surface area contributed by atoms with Crippen LogP contribution in [0.2, 0.25) is 0 Å². The Balaban J connectivity index is 2.71. The molecule has 0 aliphatic carbocycles. The van der Waals surface area contributed by atoms with Crippen LogP contribution in [-0.4, -0.2) is 17.4 Å². The number of amides is 1. The Morgan fingerprint density at radius 3 is 2.94 bits per heavy atom. The van der Waals surface area contributed by atoms with Crippen LogP contribution in [0.5, 0.6) is 0 Å². The standard InChI is InChI=1S/C11H11BrN2OS/c1-2-11(15)14(5-3-4-13)6-9-7-16-8-10(9)12/h2,7-8H,1,3,5-6H2. The molecule has 0 saturated heterocycles. The highest BCUT2D eigenvalue weighted by molar-refractivity contribution is 9.10. The summed E-state index contributed by atoms with van der Waals surface area (Å²) in [6.07, 6.45) is 1.61. The molecule has 0 aliphatic heterocycles. The highest BCUT2D eigenvalue weighted by atomic mass is 79.9. The molecule has 3 nitrogen and oxygen atoms in total. The van der Waals surface area contributed by atoms with Crippen molar-refractivity contribution in [3.63, 3.8) is 0 Å². The monoisotopic (exact) mass is 298 g/mol. The molecule has 0 bridgehead atoms. The molecule has 0 fully saturated rings. The molecule has 16 heavy (non-hydrogen) atoms. The Morgan fingerprint density at radius 2 is 2.44 bits per heavy atom. The van der Waals surface area contributed by atoms with Crippen molar-refractivity contribution in [2.75, 3.05) is 6.54 Å².